The summed E-state index contributed by atoms with van der Waals surface area (Å²) in [5.74, 6) is 0. The van der Waals surface area contributed by atoms with E-state index in [2.05, 4.69) is 35.9 Å². The first-order chi connectivity index (χ1) is 11.6. The third kappa shape index (κ3) is 4.33. The number of benzene rings is 1. The van der Waals surface area contributed by atoms with Crippen molar-refractivity contribution in [2.45, 2.75) is 40.2 Å². The minimum Gasteiger partial charge on any atom is -0.325 e. The molecule has 0 amide bonds. The number of rotatable bonds is 7. The molecule has 24 heavy (non-hydrogen) atoms. The van der Waals surface area contributed by atoms with E-state index >= 15 is 0 Å². The minimum atomic E-state index is -0.323. The highest BCUT2D eigenvalue weighted by Crippen LogP contribution is 2.23. The highest BCUT2D eigenvalue weighted by Gasteiger charge is 2.11. The first-order valence-electron chi connectivity index (χ1n) is 8.54. The molecule has 0 aliphatic heterocycles. The zero-order chi connectivity index (χ0) is 17.5. The number of nitrogens with zero attached hydrogens (tertiary/aromatic N) is 2. The van der Waals surface area contributed by atoms with E-state index in [0.717, 1.165) is 43.7 Å². The van der Waals surface area contributed by atoms with Gasteiger partial charge < -0.3 is 4.98 Å². The van der Waals surface area contributed by atoms with Gasteiger partial charge in [-0.1, -0.05) is 32.0 Å². The fourth-order valence-corrected chi connectivity index (χ4v) is 3.03. The molecule has 0 fully saturated rings. The molecular weight excluding hydrogens is 298 g/mol. The highest BCUT2D eigenvalue weighted by atomic mass is 16.1. The molecule has 0 aliphatic rings. The summed E-state index contributed by atoms with van der Waals surface area (Å²) in [6, 6.07) is 12.1. The minimum absolute atomic E-state index is 0.178. The summed E-state index contributed by atoms with van der Waals surface area (Å²) in [5, 5.41) is 9.33. The van der Waals surface area contributed by atoms with E-state index in [-0.39, 0.29) is 11.1 Å². The van der Waals surface area contributed by atoms with Crippen molar-refractivity contribution in [3.05, 3.63) is 57.5 Å². The monoisotopic (exact) mass is 323 g/mol. The fourth-order valence-electron chi connectivity index (χ4n) is 3.03. The summed E-state index contributed by atoms with van der Waals surface area (Å²) in [4.78, 5) is 17.1. The van der Waals surface area contributed by atoms with Crippen LogP contribution in [0.4, 0.5) is 0 Å². The number of nitriles is 1. The molecule has 4 nitrogen and oxygen atoms in total. The summed E-state index contributed by atoms with van der Waals surface area (Å²) >= 11 is 0. The topological polar surface area (TPSA) is 59.9 Å². The number of hydrogen-bond donors (Lipinski definition) is 1. The highest BCUT2D eigenvalue weighted by molar-refractivity contribution is 5.70. The Bertz CT molecular complexity index is 780. The zero-order valence-corrected chi connectivity index (χ0v) is 14.7. The third-order valence-electron chi connectivity index (χ3n) is 4.00. The maximum Gasteiger partial charge on any atom is 0.266 e. The van der Waals surface area contributed by atoms with E-state index in [4.69, 9.17) is 0 Å². The van der Waals surface area contributed by atoms with Gasteiger partial charge in [-0.2, -0.15) is 5.26 Å². The summed E-state index contributed by atoms with van der Waals surface area (Å²) < 4.78 is 0. The molecule has 0 unspecified atom stereocenters. The Morgan fingerprint density at radius 2 is 1.88 bits per heavy atom. The third-order valence-corrected chi connectivity index (χ3v) is 4.00. The average Bonchev–Trinajstić information content (AvgIpc) is 2.55. The van der Waals surface area contributed by atoms with E-state index < -0.39 is 0 Å². The van der Waals surface area contributed by atoms with Gasteiger partial charge in [-0.3, -0.25) is 9.69 Å². The van der Waals surface area contributed by atoms with Gasteiger partial charge in [-0.05, 0) is 56.1 Å². The normalized spacial score (nSPS) is 10.8. The van der Waals surface area contributed by atoms with E-state index in [1.54, 1.807) is 0 Å². The van der Waals surface area contributed by atoms with Crippen LogP contribution in [-0.4, -0.2) is 23.0 Å². The van der Waals surface area contributed by atoms with Crippen molar-refractivity contribution in [3.63, 3.8) is 0 Å². The number of pyridine rings is 1. The van der Waals surface area contributed by atoms with Crippen molar-refractivity contribution in [2.75, 3.05) is 13.1 Å². The van der Waals surface area contributed by atoms with Crippen LogP contribution in [0.3, 0.4) is 0 Å². The molecule has 1 heterocycles. The van der Waals surface area contributed by atoms with Crippen molar-refractivity contribution in [1.29, 1.82) is 5.26 Å². The number of H-pyrrole nitrogens is 1. The Kier molecular flexibility index (Phi) is 6.34. The van der Waals surface area contributed by atoms with Gasteiger partial charge in [0.25, 0.3) is 5.56 Å². The molecular formula is C20H25N3O. The van der Waals surface area contributed by atoms with Crippen LogP contribution in [0.1, 0.15) is 43.5 Å². The lowest BCUT2D eigenvalue weighted by Gasteiger charge is -2.21. The average molecular weight is 323 g/mol. The Morgan fingerprint density at radius 3 is 2.50 bits per heavy atom. The van der Waals surface area contributed by atoms with Gasteiger partial charge >= 0.3 is 0 Å². The molecule has 4 heteroatoms. The van der Waals surface area contributed by atoms with Crippen molar-refractivity contribution >= 4 is 0 Å². The Balaban J connectivity index is 2.38. The quantitative estimate of drug-likeness (QED) is 0.842. The van der Waals surface area contributed by atoms with Gasteiger partial charge in [-0.15, -0.1) is 0 Å². The lowest BCUT2D eigenvalue weighted by molar-refractivity contribution is 0.266. The van der Waals surface area contributed by atoms with Gasteiger partial charge in [0, 0.05) is 17.8 Å². The van der Waals surface area contributed by atoms with Crippen molar-refractivity contribution < 1.29 is 0 Å². The van der Waals surface area contributed by atoms with Crippen LogP contribution in [0.2, 0.25) is 0 Å². The van der Waals surface area contributed by atoms with E-state index in [0.29, 0.717) is 5.56 Å². The predicted octanol–water partition coefficient (Wildman–Crippen LogP) is 3.84. The molecule has 0 saturated carbocycles. The lowest BCUT2D eigenvalue weighted by atomic mass is 9.99. The maximum absolute atomic E-state index is 12.0. The second-order valence-electron chi connectivity index (χ2n) is 6.16. The Morgan fingerprint density at radius 1 is 1.17 bits per heavy atom. The lowest BCUT2D eigenvalue weighted by Crippen LogP contribution is -2.24. The summed E-state index contributed by atoms with van der Waals surface area (Å²) in [6.07, 6.45) is 2.26. The second kappa shape index (κ2) is 8.47. The van der Waals surface area contributed by atoms with Crippen molar-refractivity contribution in [2.24, 2.45) is 0 Å². The smallest absolute Gasteiger partial charge is 0.266 e. The molecule has 0 spiro atoms. The van der Waals surface area contributed by atoms with Crippen LogP contribution in [0, 0.1) is 18.3 Å². The number of aromatic amines is 1. The molecule has 2 aromatic rings. The number of hydrogen-bond acceptors (Lipinski definition) is 3. The number of aromatic nitrogens is 1. The molecule has 0 radical (unpaired) electrons. The second-order valence-corrected chi connectivity index (χ2v) is 6.16. The van der Waals surface area contributed by atoms with Gasteiger partial charge in [0.2, 0.25) is 0 Å². The Labute approximate surface area is 143 Å². The summed E-state index contributed by atoms with van der Waals surface area (Å²) in [7, 11) is 0. The fraction of sp³-hybridized carbons (Fsp3) is 0.400. The molecule has 0 saturated heterocycles. The van der Waals surface area contributed by atoms with Crippen LogP contribution in [-0.2, 0) is 6.54 Å². The van der Waals surface area contributed by atoms with E-state index in [9.17, 15) is 10.1 Å². The molecule has 1 N–H and O–H groups in total. The van der Waals surface area contributed by atoms with Crippen molar-refractivity contribution in [1.82, 2.24) is 9.88 Å². The SMILES string of the molecule is CCCN(CCC)Cc1cccc(-c2cc(C)[nH]c(=O)c2C#N)c1. The molecule has 0 aliphatic carbocycles. The molecule has 0 bridgehead atoms. The van der Waals surface area contributed by atoms with Crippen LogP contribution in [0.5, 0.6) is 0 Å². The van der Waals surface area contributed by atoms with E-state index in [1.807, 2.05) is 31.2 Å². The molecule has 0 atom stereocenters. The standard InChI is InChI=1S/C20H25N3O/c1-4-9-23(10-5-2)14-16-7-6-8-17(12-16)18-11-15(3)22-20(24)19(18)13-21/h6-8,11-12H,4-5,9-10,14H2,1-3H3,(H,22,24). The Hall–Kier alpha value is -2.38. The maximum atomic E-state index is 12.0. The molecule has 126 valence electrons. The van der Waals surface area contributed by atoms with Crippen LogP contribution >= 0.6 is 0 Å². The van der Waals surface area contributed by atoms with Crippen LogP contribution in [0.25, 0.3) is 11.1 Å². The van der Waals surface area contributed by atoms with Crippen LogP contribution in [0.15, 0.2) is 35.1 Å². The molecule has 1 aromatic carbocycles. The first kappa shape index (κ1) is 18.0. The van der Waals surface area contributed by atoms with Gasteiger partial charge in [0.1, 0.15) is 11.6 Å². The summed E-state index contributed by atoms with van der Waals surface area (Å²) in [5.41, 5.74) is 3.45. The van der Waals surface area contributed by atoms with Gasteiger partial charge in [-0.25, -0.2) is 0 Å². The van der Waals surface area contributed by atoms with E-state index in [1.165, 1.54) is 5.56 Å². The molecule has 2 rings (SSSR count). The van der Waals surface area contributed by atoms with Crippen molar-refractivity contribution in [3.8, 4) is 17.2 Å². The molecule has 1 aromatic heterocycles. The van der Waals surface area contributed by atoms with Gasteiger partial charge in [0.15, 0.2) is 0 Å². The number of aryl methyl sites for hydroxylation is 1. The first-order valence-corrected chi connectivity index (χ1v) is 8.54. The largest absolute Gasteiger partial charge is 0.325 e. The predicted molar refractivity (Wildman–Crippen MR) is 97.8 cm³/mol. The van der Waals surface area contributed by atoms with Gasteiger partial charge in [0.05, 0.1) is 0 Å². The van der Waals surface area contributed by atoms with Crippen LogP contribution < -0.4 is 5.56 Å². The summed E-state index contributed by atoms with van der Waals surface area (Å²) in [6.45, 7) is 9.26. The number of nitrogens with one attached hydrogen (secondary N) is 1. The zero-order valence-electron chi connectivity index (χ0n) is 14.7.